The molecule has 0 radical (unpaired) electrons. The minimum absolute atomic E-state index is 0.00539. The molecule has 1 saturated heterocycles. The van der Waals surface area contributed by atoms with E-state index < -0.39 is 0 Å². The first-order valence-electron chi connectivity index (χ1n) is 8.67. The number of nitrogens with one attached hydrogen (secondary N) is 2. The fourth-order valence-corrected chi connectivity index (χ4v) is 3.65. The molecule has 1 aliphatic heterocycles. The summed E-state index contributed by atoms with van der Waals surface area (Å²) in [6.07, 6.45) is 7.03. The first kappa shape index (κ1) is 16.3. The standard InChI is InChI=1S/C18H19N7O/c1-11-2-3-13(23-15(26)4-6-19)10-25(11)18-16-12(9-22-24-18)8-21-17-14(16)5-7-20-17/h5,7-9,11,13,24H,2-4,10H2,1H3,(H,23,26). The lowest BCUT2D eigenvalue weighted by molar-refractivity contribution is -0.120. The van der Waals surface area contributed by atoms with Gasteiger partial charge in [-0.1, -0.05) is 0 Å². The number of rotatable bonds is 3. The van der Waals surface area contributed by atoms with Gasteiger partial charge < -0.3 is 10.2 Å². The van der Waals surface area contributed by atoms with Gasteiger partial charge in [0.25, 0.3) is 0 Å². The molecule has 2 unspecified atom stereocenters. The molecule has 26 heavy (non-hydrogen) atoms. The lowest BCUT2D eigenvalue weighted by Crippen LogP contribution is -2.51. The van der Waals surface area contributed by atoms with Gasteiger partial charge in [0, 0.05) is 47.2 Å². The van der Waals surface area contributed by atoms with E-state index in [1.807, 2.05) is 12.1 Å². The summed E-state index contributed by atoms with van der Waals surface area (Å²) in [6, 6.07) is 4.16. The van der Waals surface area contributed by atoms with Crippen LogP contribution in [-0.4, -0.2) is 44.7 Å². The van der Waals surface area contributed by atoms with Crippen LogP contribution >= 0.6 is 0 Å². The van der Waals surface area contributed by atoms with Crippen molar-refractivity contribution in [3.8, 4) is 6.07 Å². The predicted molar refractivity (Wildman–Crippen MR) is 97.4 cm³/mol. The van der Waals surface area contributed by atoms with Gasteiger partial charge in [-0.3, -0.25) is 9.89 Å². The Balaban J connectivity index is 1.72. The van der Waals surface area contributed by atoms with Crippen LogP contribution in [0.15, 0.2) is 24.7 Å². The maximum Gasteiger partial charge on any atom is 0.234 e. The van der Waals surface area contributed by atoms with Gasteiger partial charge >= 0.3 is 0 Å². The van der Waals surface area contributed by atoms with Gasteiger partial charge in [0.1, 0.15) is 12.2 Å². The number of aromatic amines is 1. The molecule has 0 saturated carbocycles. The zero-order valence-electron chi connectivity index (χ0n) is 14.4. The number of piperidine rings is 1. The predicted octanol–water partition coefficient (Wildman–Crippen LogP) is 1.89. The Kier molecular flexibility index (Phi) is 4.13. The average molecular weight is 349 g/mol. The molecule has 4 heterocycles. The maximum atomic E-state index is 11.8. The Bertz CT molecular complexity index is 1010. The van der Waals surface area contributed by atoms with E-state index in [1.165, 1.54) is 0 Å². The molecule has 8 nitrogen and oxygen atoms in total. The van der Waals surface area contributed by atoms with Gasteiger partial charge in [-0.2, -0.15) is 10.4 Å². The van der Waals surface area contributed by atoms with E-state index in [-0.39, 0.29) is 18.4 Å². The van der Waals surface area contributed by atoms with Gasteiger partial charge in [0.2, 0.25) is 5.91 Å². The van der Waals surface area contributed by atoms with E-state index in [1.54, 1.807) is 18.6 Å². The highest BCUT2D eigenvalue weighted by Gasteiger charge is 2.28. The lowest BCUT2D eigenvalue weighted by Gasteiger charge is -2.39. The third kappa shape index (κ3) is 2.81. The van der Waals surface area contributed by atoms with Gasteiger partial charge in [-0.05, 0) is 25.8 Å². The zero-order chi connectivity index (χ0) is 18.1. The Morgan fingerprint density at radius 2 is 2.31 bits per heavy atom. The van der Waals surface area contributed by atoms with Crippen molar-refractivity contribution in [3.05, 3.63) is 24.7 Å². The normalized spacial score (nSPS) is 20.2. The molecule has 4 rings (SSSR count). The molecule has 3 aromatic rings. The molecular formula is C18H19N7O. The third-order valence-corrected chi connectivity index (χ3v) is 4.95. The van der Waals surface area contributed by atoms with Crippen LogP contribution in [0.25, 0.3) is 21.8 Å². The molecule has 132 valence electrons. The molecule has 0 aromatic carbocycles. The van der Waals surface area contributed by atoms with E-state index in [9.17, 15) is 4.79 Å². The number of pyridine rings is 1. The third-order valence-electron chi connectivity index (χ3n) is 4.95. The van der Waals surface area contributed by atoms with Crippen LogP contribution < -0.4 is 10.2 Å². The number of carbonyl (C=O) groups is 1. The van der Waals surface area contributed by atoms with Gasteiger partial charge in [-0.15, -0.1) is 0 Å². The van der Waals surface area contributed by atoms with Crippen LogP contribution in [-0.2, 0) is 4.79 Å². The molecule has 0 spiro atoms. The molecule has 1 amide bonds. The second-order valence-corrected chi connectivity index (χ2v) is 6.67. The number of anilines is 1. The van der Waals surface area contributed by atoms with E-state index in [0.29, 0.717) is 18.2 Å². The van der Waals surface area contributed by atoms with Crippen LogP contribution in [0, 0.1) is 11.3 Å². The van der Waals surface area contributed by atoms with Crippen LogP contribution in [0.5, 0.6) is 0 Å². The minimum atomic E-state index is -0.223. The number of fused-ring (bicyclic) bond motifs is 3. The fourth-order valence-electron chi connectivity index (χ4n) is 3.65. The van der Waals surface area contributed by atoms with Crippen LogP contribution in [0.3, 0.4) is 0 Å². The second kappa shape index (κ2) is 6.59. The van der Waals surface area contributed by atoms with Gasteiger partial charge in [0.05, 0.1) is 12.3 Å². The lowest BCUT2D eigenvalue weighted by atomic mass is 9.98. The highest BCUT2D eigenvalue weighted by atomic mass is 16.1. The summed E-state index contributed by atoms with van der Waals surface area (Å²) in [7, 11) is 0. The highest BCUT2D eigenvalue weighted by molar-refractivity contribution is 6.10. The molecule has 0 bridgehead atoms. The smallest absolute Gasteiger partial charge is 0.234 e. The molecule has 3 aromatic heterocycles. The maximum absolute atomic E-state index is 11.8. The minimum Gasteiger partial charge on any atom is -0.352 e. The monoisotopic (exact) mass is 349 g/mol. The van der Waals surface area contributed by atoms with Crippen LogP contribution in [0.4, 0.5) is 5.82 Å². The highest BCUT2D eigenvalue weighted by Crippen LogP contribution is 2.33. The summed E-state index contributed by atoms with van der Waals surface area (Å²) in [6.45, 7) is 2.83. The first-order chi connectivity index (χ1) is 12.7. The van der Waals surface area contributed by atoms with E-state index in [4.69, 9.17) is 5.26 Å². The van der Waals surface area contributed by atoms with Crippen molar-refractivity contribution in [2.24, 2.45) is 0 Å². The van der Waals surface area contributed by atoms with E-state index in [2.05, 4.69) is 37.3 Å². The van der Waals surface area contributed by atoms with Crippen LogP contribution in [0.2, 0.25) is 0 Å². The zero-order valence-corrected chi connectivity index (χ0v) is 14.4. The van der Waals surface area contributed by atoms with Crippen molar-refractivity contribution in [1.29, 1.82) is 5.26 Å². The quantitative estimate of drug-likeness (QED) is 0.747. The number of aromatic nitrogens is 4. The molecule has 2 atom stereocenters. The summed E-state index contributed by atoms with van der Waals surface area (Å²) >= 11 is 0. The molecule has 1 fully saturated rings. The molecule has 1 aliphatic rings. The number of nitrogens with zero attached hydrogens (tertiary/aromatic N) is 5. The Hall–Kier alpha value is -3.21. The number of hydrogen-bond acceptors (Lipinski definition) is 6. The number of amides is 1. The van der Waals surface area contributed by atoms with Crippen molar-refractivity contribution < 1.29 is 4.79 Å². The number of hydrogen-bond donors (Lipinski definition) is 2. The average Bonchev–Trinajstić information content (AvgIpc) is 3.12. The number of nitriles is 1. The molecular weight excluding hydrogens is 330 g/mol. The summed E-state index contributed by atoms with van der Waals surface area (Å²) in [4.78, 5) is 22.7. The van der Waals surface area contributed by atoms with Crippen molar-refractivity contribution in [2.45, 2.75) is 38.3 Å². The molecule has 8 heteroatoms. The molecule has 0 aliphatic carbocycles. The number of H-pyrrole nitrogens is 1. The molecule has 2 N–H and O–H groups in total. The summed E-state index contributed by atoms with van der Waals surface area (Å²) < 4.78 is 0. The van der Waals surface area contributed by atoms with Crippen molar-refractivity contribution in [2.75, 3.05) is 11.4 Å². The van der Waals surface area contributed by atoms with E-state index in [0.717, 1.165) is 34.8 Å². The Labute approximate surface area is 150 Å². The second-order valence-electron chi connectivity index (χ2n) is 6.67. The fraction of sp³-hybridized carbons (Fsp3) is 0.389. The van der Waals surface area contributed by atoms with E-state index >= 15 is 0 Å². The van der Waals surface area contributed by atoms with Gasteiger partial charge in [0.15, 0.2) is 5.65 Å². The summed E-state index contributed by atoms with van der Waals surface area (Å²) in [5.41, 5.74) is 0.710. The summed E-state index contributed by atoms with van der Waals surface area (Å²) in [5.74, 6) is 0.688. The number of carbonyl (C=O) groups excluding carboxylic acids is 1. The largest absolute Gasteiger partial charge is 0.352 e. The Morgan fingerprint density at radius 1 is 1.42 bits per heavy atom. The van der Waals surface area contributed by atoms with Gasteiger partial charge in [-0.25, -0.2) is 9.97 Å². The SMILES string of the molecule is CC1CCC(NC(=O)CC#N)CN1c1[nH]ncc2cnc3nccc3c12. The van der Waals surface area contributed by atoms with Crippen LogP contribution in [0.1, 0.15) is 26.2 Å². The van der Waals surface area contributed by atoms with Crippen molar-refractivity contribution >= 4 is 33.5 Å². The Morgan fingerprint density at radius 3 is 3.15 bits per heavy atom. The van der Waals surface area contributed by atoms with Crippen molar-refractivity contribution in [1.82, 2.24) is 25.5 Å². The summed E-state index contributed by atoms with van der Waals surface area (Å²) in [5, 5.41) is 22.0. The van der Waals surface area contributed by atoms with Crippen molar-refractivity contribution in [3.63, 3.8) is 0 Å². The first-order valence-corrected chi connectivity index (χ1v) is 8.67. The topological polar surface area (TPSA) is 111 Å².